The van der Waals surface area contributed by atoms with Crippen molar-refractivity contribution in [3.05, 3.63) is 0 Å². The minimum absolute atomic E-state index is 0.0113. The van der Waals surface area contributed by atoms with E-state index >= 15 is 0 Å². The van der Waals surface area contributed by atoms with Crippen molar-refractivity contribution in [1.29, 1.82) is 0 Å². The van der Waals surface area contributed by atoms with Crippen LogP contribution in [0.15, 0.2) is 0 Å². The SMILES string of the molecule is CC1(C)C2CCC1(C)C(O)(C(Cl)OC(Cl)C1(O)CC3CCC1(C)C3(C)C)C2. The van der Waals surface area contributed by atoms with E-state index in [9.17, 15) is 10.2 Å². The zero-order valence-electron chi connectivity index (χ0n) is 17.6. The first-order chi connectivity index (χ1) is 12.2. The van der Waals surface area contributed by atoms with E-state index in [0.29, 0.717) is 24.7 Å². The Labute approximate surface area is 174 Å². The van der Waals surface area contributed by atoms with Crippen LogP contribution in [0.5, 0.6) is 0 Å². The van der Waals surface area contributed by atoms with Crippen LogP contribution in [0, 0.1) is 33.5 Å². The van der Waals surface area contributed by atoms with Crippen molar-refractivity contribution < 1.29 is 14.9 Å². The first-order valence-electron chi connectivity index (χ1n) is 10.6. The minimum atomic E-state index is -1.13. The minimum Gasteiger partial charge on any atom is -0.385 e. The van der Waals surface area contributed by atoms with Crippen LogP contribution in [0.1, 0.15) is 80.1 Å². The normalized spacial score (nSPS) is 54.4. The van der Waals surface area contributed by atoms with E-state index in [4.69, 9.17) is 27.9 Å². The summed E-state index contributed by atoms with van der Waals surface area (Å²) in [6, 6.07) is 0. The van der Waals surface area contributed by atoms with Gasteiger partial charge in [-0.05, 0) is 61.2 Å². The van der Waals surface area contributed by atoms with Crippen LogP contribution in [-0.4, -0.2) is 32.5 Å². The number of aliphatic hydroxyl groups is 2. The predicted molar refractivity (Wildman–Crippen MR) is 109 cm³/mol. The van der Waals surface area contributed by atoms with E-state index in [1.807, 2.05) is 0 Å². The summed E-state index contributed by atoms with van der Waals surface area (Å²) in [4.78, 5) is 0. The lowest BCUT2D eigenvalue weighted by atomic mass is 9.64. The van der Waals surface area contributed by atoms with Crippen LogP contribution in [0.2, 0.25) is 0 Å². The molecule has 27 heavy (non-hydrogen) atoms. The summed E-state index contributed by atoms with van der Waals surface area (Å²) in [5.41, 5.74) is -4.71. The maximum atomic E-state index is 11.6. The van der Waals surface area contributed by atoms with Gasteiger partial charge in [0.25, 0.3) is 0 Å². The molecule has 0 aromatic rings. The fraction of sp³-hybridized carbons (Fsp3) is 1.00. The number of rotatable bonds is 4. The quantitative estimate of drug-likeness (QED) is 0.609. The van der Waals surface area contributed by atoms with Crippen molar-refractivity contribution >= 4 is 23.2 Å². The molecule has 0 aliphatic heterocycles. The van der Waals surface area contributed by atoms with Gasteiger partial charge in [0.1, 0.15) is 11.2 Å². The second-order valence-corrected chi connectivity index (χ2v) is 12.4. The molecule has 0 heterocycles. The Hall–Kier alpha value is 0.460. The fourth-order valence-corrected chi connectivity index (χ4v) is 8.59. The lowest BCUT2D eigenvalue weighted by Crippen LogP contribution is -2.58. The molecule has 0 radical (unpaired) electrons. The number of hydrogen-bond acceptors (Lipinski definition) is 3. The molecule has 0 amide bonds. The van der Waals surface area contributed by atoms with Gasteiger partial charge in [0, 0.05) is 10.8 Å². The maximum absolute atomic E-state index is 11.6. The van der Waals surface area contributed by atoms with Crippen molar-refractivity contribution in [2.45, 2.75) is 102 Å². The molecule has 3 nitrogen and oxygen atoms in total. The van der Waals surface area contributed by atoms with Crippen LogP contribution >= 0.6 is 23.2 Å². The Morgan fingerprint density at radius 1 is 0.741 bits per heavy atom. The van der Waals surface area contributed by atoms with Gasteiger partial charge in [-0.15, -0.1) is 0 Å². The van der Waals surface area contributed by atoms with Crippen molar-refractivity contribution in [3.63, 3.8) is 0 Å². The fourth-order valence-electron chi connectivity index (χ4n) is 7.67. The van der Waals surface area contributed by atoms with Crippen LogP contribution in [0.25, 0.3) is 0 Å². The van der Waals surface area contributed by atoms with Gasteiger partial charge in [0.2, 0.25) is 0 Å². The van der Waals surface area contributed by atoms with Crippen LogP contribution < -0.4 is 0 Å². The molecule has 0 spiro atoms. The molecule has 4 aliphatic carbocycles. The average Bonchev–Trinajstić information content (AvgIpc) is 3.05. The van der Waals surface area contributed by atoms with Crippen molar-refractivity contribution in [3.8, 4) is 0 Å². The van der Waals surface area contributed by atoms with Crippen LogP contribution in [0.3, 0.4) is 0 Å². The molecule has 156 valence electrons. The number of halogens is 2. The molecule has 8 unspecified atom stereocenters. The molecule has 4 aliphatic rings. The topological polar surface area (TPSA) is 49.7 Å². The first-order valence-corrected chi connectivity index (χ1v) is 11.4. The van der Waals surface area contributed by atoms with E-state index in [1.165, 1.54) is 0 Å². The van der Waals surface area contributed by atoms with Crippen molar-refractivity contribution in [2.75, 3.05) is 0 Å². The van der Waals surface area contributed by atoms with Crippen molar-refractivity contribution in [1.82, 2.24) is 0 Å². The summed E-state index contributed by atoms with van der Waals surface area (Å²) in [7, 11) is 0. The molecule has 0 saturated heterocycles. The van der Waals surface area contributed by atoms with E-state index < -0.39 is 22.3 Å². The molecule has 4 bridgehead atoms. The van der Waals surface area contributed by atoms with Gasteiger partial charge in [-0.3, -0.25) is 0 Å². The Morgan fingerprint density at radius 2 is 1.07 bits per heavy atom. The first kappa shape index (κ1) is 20.7. The average molecular weight is 419 g/mol. The molecule has 8 atom stereocenters. The van der Waals surface area contributed by atoms with Gasteiger partial charge in [-0.2, -0.15) is 0 Å². The van der Waals surface area contributed by atoms with E-state index in [0.717, 1.165) is 25.7 Å². The highest BCUT2D eigenvalue weighted by Gasteiger charge is 2.73. The summed E-state index contributed by atoms with van der Waals surface area (Å²) in [5, 5.41) is 23.2. The molecular formula is C22H36Cl2O3. The molecule has 0 aromatic carbocycles. The zero-order valence-corrected chi connectivity index (χ0v) is 19.1. The highest BCUT2D eigenvalue weighted by molar-refractivity contribution is 6.22. The lowest BCUT2D eigenvalue weighted by Gasteiger charge is -2.50. The smallest absolute Gasteiger partial charge is 0.162 e. The Balaban J connectivity index is 1.57. The highest BCUT2D eigenvalue weighted by atomic mass is 35.5. The van der Waals surface area contributed by atoms with Crippen LogP contribution in [0.4, 0.5) is 0 Å². The highest BCUT2D eigenvalue weighted by Crippen LogP contribution is 2.73. The van der Waals surface area contributed by atoms with Gasteiger partial charge < -0.3 is 14.9 Å². The largest absolute Gasteiger partial charge is 0.385 e. The lowest BCUT2D eigenvalue weighted by molar-refractivity contribution is -0.202. The van der Waals surface area contributed by atoms with Gasteiger partial charge in [0.05, 0.1) is 0 Å². The number of hydrogen-bond donors (Lipinski definition) is 2. The maximum Gasteiger partial charge on any atom is 0.162 e. The third-order valence-electron chi connectivity index (χ3n) is 10.9. The summed E-state index contributed by atoms with van der Waals surface area (Å²) in [6.07, 6.45) is 5.40. The summed E-state index contributed by atoms with van der Waals surface area (Å²) in [5.74, 6) is 0.876. The third-order valence-corrected chi connectivity index (χ3v) is 11.8. The number of alkyl halides is 2. The van der Waals surface area contributed by atoms with E-state index in [1.54, 1.807) is 0 Å². The van der Waals surface area contributed by atoms with Crippen molar-refractivity contribution in [2.24, 2.45) is 33.5 Å². The molecule has 5 heteroatoms. The Kier molecular flexibility index (Phi) is 4.28. The summed E-state index contributed by atoms with van der Waals surface area (Å²) in [6.45, 7) is 13.2. The summed E-state index contributed by atoms with van der Waals surface area (Å²) < 4.78 is 6.08. The molecule has 0 aromatic heterocycles. The van der Waals surface area contributed by atoms with Gasteiger partial charge in [-0.25, -0.2) is 0 Å². The standard InChI is InChI=1S/C22H36Cl2O3/c1-17(2)13-7-9-19(17,5)21(25,11-13)15(23)27-16(24)22(26)12-14-8-10-20(22,6)18(14,3)4/h13-16,25-26H,7-12H2,1-6H3. The second-order valence-electron chi connectivity index (χ2n) is 11.6. The molecule has 2 N–H and O–H groups in total. The molecular weight excluding hydrogens is 383 g/mol. The Morgan fingerprint density at radius 3 is 1.30 bits per heavy atom. The monoisotopic (exact) mass is 418 g/mol. The van der Waals surface area contributed by atoms with Gasteiger partial charge in [0.15, 0.2) is 11.1 Å². The van der Waals surface area contributed by atoms with Gasteiger partial charge in [-0.1, -0.05) is 64.7 Å². The van der Waals surface area contributed by atoms with E-state index in [2.05, 4.69) is 41.5 Å². The second kappa shape index (κ2) is 5.58. The number of fused-ring (bicyclic) bond motifs is 4. The molecule has 4 fully saturated rings. The Bertz CT molecular complexity index is 597. The molecule has 4 saturated carbocycles. The van der Waals surface area contributed by atoms with E-state index in [-0.39, 0.29) is 21.7 Å². The third kappa shape index (κ3) is 2.12. The zero-order chi connectivity index (χ0) is 20.3. The van der Waals surface area contributed by atoms with Crippen LogP contribution in [-0.2, 0) is 4.74 Å². The summed E-state index contributed by atoms with van der Waals surface area (Å²) >= 11 is 13.5. The van der Waals surface area contributed by atoms with Gasteiger partial charge >= 0.3 is 0 Å². The number of ether oxygens (including phenoxy) is 1. The predicted octanol–water partition coefficient (Wildman–Crippen LogP) is 5.29. The molecule has 4 rings (SSSR count).